The number of anilines is 1. The van der Waals surface area contributed by atoms with Gasteiger partial charge in [0.1, 0.15) is 11.3 Å². The average Bonchev–Trinajstić information content (AvgIpc) is 3.25. The van der Waals surface area contributed by atoms with Gasteiger partial charge in [0.05, 0.1) is 24.4 Å². The van der Waals surface area contributed by atoms with Gasteiger partial charge in [-0.2, -0.15) is 4.52 Å². The molecule has 0 amide bonds. The summed E-state index contributed by atoms with van der Waals surface area (Å²) in [6.07, 6.45) is 1.68. The van der Waals surface area contributed by atoms with Crippen LogP contribution < -0.4 is 10.5 Å². The Morgan fingerprint density at radius 1 is 1.26 bits per heavy atom. The van der Waals surface area contributed by atoms with E-state index in [2.05, 4.69) is 20.0 Å². The number of nitrogen functional groups attached to an aromatic ring is 1. The van der Waals surface area contributed by atoms with Crippen LogP contribution in [0.1, 0.15) is 17.1 Å². The van der Waals surface area contributed by atoms with E-state index >= 15 is 0 Å². The summed E-state index contributed by atoms with van der Waals surface area (Å²) >= 11 is 6.04. The summed E-state index contributed by atoms with van der Waals surface area (Å²) in [6.45, 7) is 2.09. The normalized spacial score (nSPS) is 14.1. The van der Waals surface area contributed by atoms with Crippen LogP contribution in [0.3, 0.4) is 0 Å². The number of rotatable bonds is 3. The minimum atomic E-state index is 0.277. The third kappa shape index (κ3) is 2.65. The molecule has 0 bridgehead atoms. The Morgan fingerprint density at radius 2 is 2.15 bits per heavy atom. The number of aromatic nitrogens is 5. The smallest absolute Gasteiger partial charge is 0.223 e. The summed E-state index contributed by atoms with van der Waals surface area (Å²) in [5, 5.41) is 6.05. The molecule has 0 unspecified atom stereocenters. The van der Waals surface area contributed by atoms with Gasteiger partial charge in [0.2, 0.25) is 5.95 Å². The van der Waals surface area contributed by atoms with E-state index in [-0.39, 0.29) is 5.95 Å². The maximum atomic E-state index is 6.11. The molecule has 8 nitrogen and oxygen atoms in total. The second kappa shape index (κ2) is 6.04. The predicted molar refractivity (Wildman–Crippen MR) is 101 cm³/mol. The van der Waals surface area contributed by atoms with E-state index in [1.165, 1.54) is 0 Å². The first-order valence-electron chi connectivity index (χ1n) is 8.46. The number of pyridine rings is 1. The Hall–Kier alpha value is -2.97. The summed E-state index contributed by atoms with van der Waals surface area (Å²) < 4.78 is 6.97. The van der Waals surface area contributed by atoms with E-state index in [4.69, 9.17) is 27.1 Å². The number of nitrogens with zero attached hydrogens (tertiary/aromatic N) is 6. The minimum Gasteiger partial charge on any atom is -0.494 e. The van der Waals surface area contributed by atoms with Crippen molar-refractivity contribution in [3.05, 3.63) is 52.6 Å². The second-order valence-electron chi connectivity index (χ2n) is 6.49. The lowest BCUT2D eigenvalue weighted by Gasteiger charge is -2.10. The van der Waals surface area contributed by atoms with E-state index in [0.717, 1.165) is 29.7 Å². The van der Waals surface area contributed by atoms with Gasteiger partial charge in [0.25, 0.3) is 0 Å². The summed E-state index contributed by atoms with van der Waals surface area (Å²) in [5.74, 6) is 1.61. The number of fused-ring (bicyclic) bond motifs is 4. The molecular weight excluding hydrogens is 366 g/mol. The molecule has 0 saturated carbocycles. The number of para-hydroxylation sites is 1. The van der Waals surface area contributed by atoms with Gasteiger partial charge in [0.15, 0.2) is 11.5 Å². The average molecular weight is 382 g/mol. The maximum absolute atomic E-state index is 6.11. The van der Waals surface area contributed by atoms with Crippen LogP contribution in [0.25, 0.3) is 16.6 Å². The van der Waals surface area contributed by atoms with Crippen molar-refractivity contribution in [3.63, 3.8) is 0 Å². The quantitative estimate of drug-likeness (QED) is 0.582. The Morgan fingerprint density at radius 3 is 3.00 bits per heavy atom. The molecule has 1 aliphatic rings. The molecule has 0 radical (unpaired) electrons. The molecule has 0 spiro atoms. The first-order chi connectivity index (χ1) is 13.1. The van der Waals surface area contributed by atoms with Crippen molar-refractivity contribution in [1.82, 2.24) is 29.5 Å². The molecule has 1 aromatic carbocycles. The third-order valence-electron chi connectivity index (χ3n) is 4.71. The van der Waals surface area contributed by atoms with Gasteiger partial charge in [-0.3, -0.25) is 9.88 Å². The van der Waals surface area contributed by atoms with Crippen molar-refractivity contribution >= 4 is 34.1 Å². The third-order valence-corrected chi connectivity index (χ3v) is 4.92. The highest BCUT2D eigenvalue weighted by atomic mass is 35.5. The van der Waals surface area contributed by atoms with E-state index < -0.39 is 0 Å². The van der Waals surface area contributed by atoms with Gasteiger partial charge >= 0.3 is 0 Å². The highest BCUT2D eigenvalue weighted by Gasteiger charge is 2.23. The van der Waals surface area contributed by atoms with Crippen LogP contribution in [0.5, 0.6) is 5.75 Å². The van der Waals surface area contributed by atoms with Crippen molar-refractivity contribution in [1.29, 1.82) is 0 Å². The van der Waals surface area contributed by atoms with Crippen molar-refractivity contribution in [3.8, 4) is 5.75 Å². The number of nitrogens with two attached hydrogens (primary N) is 1. The van der Waals surface area contributed by atoms with Crippen molar-refractivity contribution in [2.45, 2.75) is 19.6 Å². The van der Waals surface area contributed by atoms with Crippen LogP contribution in [0.2, 0.25) is 5.02 Å². The first kappa shape index (κ1) is 16.2. The lowest BCUT2D eigenvalue weighted by Crippen LogP contribution is -2.16. The van der Waals surface area contributed by atoms with E-state index in [1.54, 1.807) is 17.8 Å². The number of hydrogen-bond donors (Lipinski definition) is 1. The number of hydrogen-bond acceptors (Lipinski definition) is 7. The zero-order valence-corrected chi connectivity index (χ0v) is 15.3. The van der Waals surface area contributed by atoms with E-state index in [1.807, 2.05) is 24.3 Å². The zero-order valence-electron chi connectivity index (χ0n) is 14.6. The molecule has 0 atom stereocenters. The number of methoxy groups -OCH3 is 1. The molecule has 9 heteroatoms. The van der Waals surface area contributed by atoms with Gasteiger partial charge in [-0.15, -0.1) is 5.10 Å². The predicted octanol–water partition coefficient (Wildman–Crippen LogP) is 2.43. The summed E-state index contributed by atoms with van der Waals surface area (Å²) in [6, 6.07) is 7.65. The molecule has 0 fully saturated rings. The van der Waals surface area contributed by atoms with E-state index in [9.17, 15) is 0 Å². The monoisotopic (exact) mass is 381 g/mol. The lowest BCUT2D eigenvalue weighted by atomic mass is 10.2. The standard InChI is InChI=1S/C18H16ClN7O/c1-27-14-4-2-3-12-16(14)23-18(20)26-17(12)22-15(24-26)9-25-7-10-5-11(19)6-21-13(10)8-25/h2-6H,7-9H2,1H3,(H2,20,23). The topological polar surface area (TPSA) is 94.5 Å². The van der Waals surface area contributed by atoms with Crippen LogP contribution in [-0.2, 0) is 19.6 Å². The number of benzene rings is 1. The fraction of sp³-hybridized carbons (Fsp3) is 0.222. The van der Waals surface area contributed by atoms with Gasteiger partial charge in [0, 0.05) is 24.7 Å². The highest BCUT2D eigenvalue weighted by Crippen LogP contribution is 2.28. The van der Waals surface area contributed by atoms with Gasteiger partial charge in [-0.1, -0.05) is 17.7 Å². The van der Waals surface area contributed by atoms with Crippen molar-refractivity contribution < 1.29 is 4.74 Å². The largest absolute Gasteiger partial charge is 0.494 e. The van der Waals surface area contributed by atoms with Gasteiger partial charge in [-0.05, 0) is 23.8 Å². The fourth-order valence-corrected chi connectivity index (χ4v) is 3.69. The van der Waals surface area contributed by atoms with Gasteiger partial charge < -0.3 is 10.5 Å². The SMILES string of the molecule is COc1cccc2c1nc(N)n1nc(CN3Cc4cc(Cl)cnc4C3)nc21. The molecule has 4 aromatic rings. The van der Waals surface area contributed by atoms with Crippen LogP contribution in [-0.4, -0.2) is 36.6 Å². The lowest BCUT2D eigenvalue weighted by molar-refractivity contribution is 0.267. The van der Waals surface area contributed by atoms with Crippen LogP contribution >= 0.6 is 11.6 Å². The molecule has 27 heavy (non-hydrogen) atoms. The number of ether oxygens (including phenoxy) is 1. The molecule has 0 aliphatic carbocycles. The van der Waals surface area contributed by atoms with Gasteiger partial charge in [-0.25, -0.2) is 9.97 Å². The molecule has 1 aliphatic heterocycles. The van der Waals surface area contributed by atoms with Crippen molar-refractivity contribution in [2.24, 2.45) is 0 Å². The molecule has 136 valence electrons. The Labute approximate surface area is 159 Å². The van der Waals surface area contributed by atoms with E-state index in [0.29, 0.717) is 34.3 Å². The molecule has 3 aromatic heterocycles. The van der Waals surface area contributed by atoms with Crippen LogP contribution in [0.15, 0.2) is 30.5 Å². The second-order valence-corrected chi connectivity index (χ2v) is 6.93. The maximum Gasteiger partial charge on any atom is 0.223 e. The Bertz CT molecular complexity index is 1190. The number of halogens is 1. The zero-order chi connectivity index (χ0) is 18.5. The van der Waals surface area contributed by atoms with Crippen LogP contribution in [0.4, 0.5) is 5.95 Å². The highest BCUT2D eigenvalue weighted by molar-refractivity contribution is 6.30. The summed E-state index contributed by atoms with van der Waals surface area (Å²) in [7, 11) is 1.61. The first-order valence-corrected chi connectivity index (χ1v) is 8.83. The fourth-order valence-electron chi connectivity index (χ4n) is 3.51. The summed E-state index contributed by atoms with van der Waals surface area (Å²) in [5.41, 5.74) is 9.64. The molecule has 4 heterocycles. The van der Waals surface area contributed by atoms with Crippen LogP contribution in [0, 0.1) is 0 Å². The Kier molecular flexibility index (Phi) is 3.63. The molecule has 0 saturated heterocycles. The Balaban J connectivity index is 1.52. The molecule has 5 rings (SSSR count). The molecular formula is C18H16ClN7O. The summed E-state index contributed by atoms with van der Waals surface area (Å²) in [4.78, 5) is 15.8. The molecule has 2 N–H and O–H groups in total. The minimum absolute atomic E-state index is 0.277. The van der Waals surface area contributed by atoms with Crippen molar-refractivity contribution in [2.75, 3.05) is 12.8 Å².